The Balaban J connectivity index is 0.00000200. The Morgan fingerprint density at radius 3 is 2.85 bits per heavy atom. The standard InChI is InChI=1S/C14H26N2O3.ClH/c1-18-11-13-10-16(8-9-19-13)14(17)3-2-12-4-6-15-7-5-12;/h12-13,15H,2-11H2,1H3;1H. The van der Waals surface area contributed by atoms with Crippen LogP contribution < -0.4 is 5.32 Å². The second kappa shape index (κ2) is 9.55. The predicted molar refractivity (Wildman–Crippen MR) is 80.3 cm³/mol. The molecule has 1 unspecified atom stereocenters. The number of methoxy groups -OCH3 is 1. The summed E-state index contributed by atoms with van der Waals surface area (Å²) in [6.45, 7) is 4.81. The Hall–Kier alpha value is -0.360. The summed E-state index contributed by atoms with van der Waals surface area (Å²) in [5.74, 6) is 1.00. The van der Waals surface area contributed by atoms with E-state index in [0.29, 0.717) is 26.2 Å². The van der Waals surface area contributed by atoms with Gasteiger partial charge in [0, 0.05) is 26.6 Å². The van der Waals surface area contributed by atoms with E-state index in [2.05, 4.69) is 5.32 Å². The van der Waals surface area contributed by atoms with Crippen LogP contribution in [0.3, 0.4) is 0 Å². The van der Waals surface area contributed by atoms with Gasteiger partial charge in [0.15, 0.2) is 0 Å². The van der Waals surface area contributed by atoms with Crippen molar-refractivity contribution in [2.24, 2.45) is 5.92 Å². The van der Waals surface area contributed by atoms with Crippen LogP contribution in [0.25, 0.3) is 0 Å². The van der Waals surface area contributed by atoms with Crippen LogP contribution >= 0.6 is 12.4 Å². The minimum absolute atomic E-state index is 0. The number of hydrogen-bond acceptors (Lipinski definition) is 4. The molecule has 1 N–H and O–H groups in total. The molecule has 0 aromatic heterocycles. The van der Waals surface area contributed by atoms with Crippen molar-refractivity contribution in [3.05, 3.63) is 0 Å². The molecule has 2 heterocycles. The van der Waals surface area contributed by atoms with E-state index in [-0.39, 0.29) is 24.4 Å². The van der Waals surface area contributed by atoms with Gasteiger partial charge in [0.05, 0.1) is 19.3 Å². The van der Waals surface area contributed by atoms with Crippen molar-refractivity contribution in [1.82, 2.24) is 10.2 Å². The number of amides is 1. The Bertz CT molecular complexity index is 284. The molecule has 20 heavy (non-hydrogen) atoms. The lowest BCUT2D eigenvalue weighted by Crippen LogP contribution is -2.47. The van der Waals surface area contributed by atoms with Gasteiger partial charge in [-0.3, -0.25) is 4.79 Å². The molecular weight excluding hydrogens is 280 g/mol. The molecule has 0 spiro atoms. The van der Waals surface area contributed by atoms with Crippen LogP contribution in [-0.2, 0) is 14.3 Å². The third-order valence-electron chi connectivity index (χ3n) is 4.07. The van der Waals surface area contributed by atoms with Crippen molar-refractivity contribution < 1.29 is 14.3 Å². The summed E-state index contributed by atoms with van der Waals surface area (Å²) in [5, 5.41) is 3.36. The van der Waals surface area contributed by atoms with Crippen LogP contribution in [-0.4, -0.2) is 63.4 Å². The number of ether oxygens (including phenoxy) is 2. The number of nitrogens with zero attached hydrogens (tertiary/aromatic N) is 1. The molecule has 2 saturated heterocycles. The fourth-order valence-electron chi connectivity index (χ4n) is 2.89. The van der Waals surface area contributed by atoms with Gasteiger partial charge in [-0.25, -0.2) is 0 Å². The zero-order valence-electron chi connectivity index (χ0n) is 12.3. The first-order chi connectivity index (χ1) is 9.29. The molecule has 2 aliphatic heterocycles. The Morgan fingerprint density at radius 2 is 2.15 bits per heavy atom. The number of morpholine rings is 1. The molecule has 1 amide bonds. The van der Waals surface area contributed by atoms with Gasteiger partial charge in [-0.1, -0.05) is 0 Å². The second-order valence-electron chi connectivity index (χ2n) is 5.52. The van der Waals surface area contributed by atoms with Gasteiger partial charge in [0.1, 0.15) is 0 Å². The summed E-state index contributed by atoms with van der Waals surface area (Å²) in [4.78, 5) is 14.1. The Labute approximate surface area is 127 Å². The van der Waals surface area contributed by atoms with Crippen LogP contribution in [0.2, 0.25) is 0 Å². The predicted octanol–water partition coefficient (Wildman–Crippen LogP) is 1.06. The molecular formula is C14H27ClN2O3. The normalized spacial score (nSPS) is 24.2. The van der Waals surface area contributed by atoms with E-state index in [1.807, 2.05) is 4.90 Å². The summed E-state index contributed by atoms with van der Waals surface area (Å²) in [5.41, 5.74) is 0. The first-order valence-corrected chi connectivity index (χ1v) is 7.38. The lowest BCUT2D eigenvalue weighted by molar-refractivity contribution is -0.141. The summed E-state index contributed by atoms with van der Waals surface area (Å²) in [6.07, 6.45) is 4.18. The second-order valence-corrected chi connectivity index (χ2v) is 5.52. The van der Waals surface area contributed by atoms with Crippen LogP contribution in [0.1, 0.15) is 25.7 Å². The molecule has 5 nitrogen and oxygen atoms in total. The number of halogens is 1. The van der Waals surface area contributed by atoms with E-state index in [0.717, 1.165) is 32.0 Å². The molecule has 118 valence electrons. The third-order valence-corrected chi connectivity index (χ3v) is 4.07. The van der Waals surface area contributed by atoms with Crippen molar-refractivity contribution in [2.45, 2.75) is 31.8 Å². The lowest BCUT2D eigenvalue weighted by Gasteiger charge is -2.33. The van der Waals surface area contributed by atoms with Crippen molar-refractivity contribution in [3.63, 3.8) is 0 Å². The number of nitrogens with one attached hydrogen (secondary N) is 1. The van der Waals surface area contributed by atoms with E-state index in [1.165, 1.54) is 12.8 Å². The Morgan fingerprint density at radius 1 is 1.40 bits per heavy atom. The van der Waals surface area contributed by atoms with E-state index in [1.54, 1.807) is 7.11 Å². The summed E-state index contributed by atoms with van der Waals surface area (Å²) in [6, 6.07) is 0. The molecule has 2 fully saturated rings. The van der Waals surface area contributed by atoms with Crippen LogP contribution in [0.4, 0.5) is 0 Å². The van der Waals surface area contributed by atoms with Crippen LogP contribution in [0.15, 0.2) is 0 Å². The van der Waals surface area contributed by atoms with E-state index in [9.17, 15) is 4.79 Å². The van der Waals surface area contributed by atoms with Crippen molar-refractivity contribution in [2.75, 3.05) is 46.5 Å². The molecule has 2 rings (SSSR count). The van der Waals surface area contributed by atoms with E-state index < -0.39 is 0 Å². The van der Waals surface area contributed by atoms with Gasteiger partial charge in [-0.05, 0) is 38.3 Å². The maximum atomic E-state index is 12.2. The van der Waals surface area contributed by atoms with E-state index in [4.69, 9.17) is 9.47 Å². The summed E-state index contributed by atoms with van der Waals surface area (Å²) < 4.78 is 10.7. The zero-order valence-corrected chi connectivity index (χ0v) is 13.1. The molecule has 6 heteroatoms. The molecule has 2 aliphatic rings. The van der Waals surface area contributed by atoms with Crippen molar-refractivity contribution in [1.29, 1.82) is 0 Å². The van der Waals surface area contributed by atoms with Gasteiger partial charge in [0.25, 0.3) is 0 Å². The van der Waals surface area contributed by atoms with Crippen molar-refractivity contribution in [3.8, 4) is 0 Å². The highest BCUT2D eigenvalue weighted by molar-refractivity contribution is 5.85. The number of carbonyl (C=O) groups is 1. The summed E-state index contributed by atoms with van der Waals surface area (Å²) in [7, 11) is 1.67. The molecule has 0 aromatic rings. The number of rotatable bonds is 5. The van der Waals surface area contributed by atoms with Crippen LogP contribution in [0, 0.1) is 5.92 Å². The smallest absolute Gasteiger partial charge is 0.222 e. The van der Waals surface area contributed by atoms with Gasteiger partial charge >= 0.3 is 0 Å². The topological polar surface area (TPSA) is 50.8 Å². The average molecular weight is 307 g/mol. The van der Waals surface area contributed by atoms with E-state index >= 15 is 0 Å². The first kappa shape index (κ1) is 17.7. The van der Waals surface area contributed by atoms with Gasteiger partial charge < -0.3 is 19.7 Å². The molecule has 1 atom stereocenters. The highest BCUT2D eigenvalue weighted by Crippen LogP contribution is 2.19. The van der Waals surface area contributed by atoms with Crippen LogP contribution in [0.5, 0.6) is 0 Å². The maximum Gasteiger partial charge on any atom is 0.222 e. The minimum atomic E-state index is 0. The fraction of sp³-hybridized carbons (Fsp3) is 0.929. The maximum absolute atomic E-state index is 12.2. The minimum Gasteiger partial charge on any atom is -0.382 e. The molecule has 0 saturated carbocycles. The first-order valence-electron chi connectivity index (χ1n) is 7.38. The third kappa shape index (κ3) is 5.56. The largest absolute Gasteiger partial charge is 0.382 e. The lowest BCUT2D eigenvalue weighted by atomic mass is 9.93. The quantitative estimate of drug-likeness (QED) is 0.825. The SMILES string of the molecule is COCC1CN(C(=O)CCC2CCNCC2)CCO1.Cl. The Kier molecular flexibility index (Phi) is 8.45. The van der Waals surface area contributed by atoms with Crippen molar-refractivity contribution >= 4 is 18.3 Å². The van der Waals surface area contributed by atoms with Gasteiger partial charge in [-0.15, -0.1) is 12.4 Å². The highest BCUT2D eigenvalue weighted by atomic mass is 35.5. The van der Waals surface area contributed by atoms with Gasteiger partial charge in [-0.2, -0.15) is 0 Å². The number of carbonyl (C=O) groups excluding carboxylic acids is 1. The fourth-order valence-corrected chi connectivity index (χ4v) is 2.89. The number of hydrogen-bond donors (Lipinski definition) is 1. The zero-order chi connectivity index (χ0) is 13.5. The monoisotopic (exact) mass is 306 g/mol. The highest BCUT2D eigenvalue weighted by Gasteiger charge is 2.24. The molecule has 0 radical (unpaired) electrons. The van der Waals surface area contributed by atoms with Gasteiger partial charge in [0.2, 0.25) is 5.91 Å². The molecule has 0 aliphatic carbocycles. The molecule has 0 bridgehead atoms. The average Bonchev–Trinajstić information content (AvgIpc) is 2.46. The molecule has 0 aromatic carbocycles. The number of piperidine rings is 1. The summed E-state index contributed by atoms with van der Waals surface area (Å²) >= 11 is 0.